The van der Waals surface area contributed by atoms with Gasteiger partial charge in [-0.1, -0.05) is 48.6 Å². The van der Waals surface area contributed by atoms with Gasteiger partial charge < -0.3 is 10.3 Å². The fraction of sp³-hybridized carbons (Fsp3) is 0.182. The Labute approximate surface area is 147 Å². The average molecular weight is 332 g/mol. The fourth-order valence-corrected chi connectivity index (χ4v) is 3.47. The van der Waals surface area contributed by atoms with E-state index in [1.165, 1.54) is 17.2 Å². The molecule has 0 aliphatic carbocycles. The zero-order chi connectivity index (χ0) is 17.1. The van der Waals surface area contributed by atoms with Gasteiger partial charge in [-0.2, -0.15) is 0 Å². The number of hydrogen-bond acceptors (Lipinski definition) is 1. The van der Waals surface area contributed by atoms with Gasteiger partial charge in [0.1, 0.15) is 5.82 Å². The second kappa shape index (κ2) is 7.08. The maximum absolute atomic E-state index is 14.2. The molecule has 3 aromatic rings. The first-order valence-electron chi connectivity index (χ1n) is 8.71. The van der Waals surface area contributed by atoms with Crippen molar-refractivity contribution in [3.05, 3.63) is 83.8 Å². The van der Waals surface area contributed by atoms with Crippen molar-refractivity contribution in [1.82, 2.24) is 10.3 Å². The standard InChI is InChI=1S/C22H21FN2/c23-21-9-10-22-20(12-14-25-22)19(21)8-4-7-18-15-17(11-13-24-18)16-5-2-1-3-6-16/h1-6,8-12,14,18,24-25H,7,13,15H2/b8-4+. The van der Waals surface area contributed by atoms with Gasteiger partial charge in [0, 0.05) is 35.2 Å². The van der Waals surface area contributed by atoms with Gasteiger partial charge in [-0.3, -0.25) is 0 Å². The topological polar surface area (TPSA) is 27.8 Å². The molecule has 1 aliphatic rings. The maximum atomic E-state index is 14.2. The van der Waals surface area contributed by atoms with Crippen LogP contribution < -0.4 is 5.32 Å². The van der Waals surface area contributed by atoms with E-state index in [0.29, 0.717) is 11.6 Å². The molecule has 0 saturated carbocycles. The SMILES string of the molecule is Fc1ccc2[nH]ccc2c1/C=C/CC1CC(c2ccccc2)=CCN1. The Bertz CT molecular complexity index is 922. The lowest BCUT2D eigenvalue weighted by atomic mass is 9.93. The van der Waals surface area contributed by atoms with E-state index in [9.17, 15) is 4.39 Å². The quantitative estimate of drug-likeness (QED) is 0.679. The molecule has 0 bridgehead atoms. The highest BCUT2D eigenvalue weighted by Gasteiger charge is 2.14. The summed E-state index contributed by atoms with van der Waals surface area (Å²) in [5.41, 5.74) is 4.30. The molecule has 4 rings (SSSR count). The van der Waals surface area contributed by atoms with E-state index in [0.717, 1.165) is 30.3 Å². The highest BCUT2D eigenvalue weighted by Crippen LogP contribution is 2.25. The molecule has 1 aliphatic heterocycles. The lowest BCUT2D eigenvalue weighted by Crippen LogP contribution is -2.32. The summed E-state index contributed by atoms with van der Waals surface area (Å²) < 4.78 is 14.2. The molecular weight excluding hydrogens is 311 g/mol. The van der Waals surface area contributed by atoms with Crippen LogP contribution in [0.1, 0.15) is 24.0 Å². The molecular formula is C22H21FN2. The monoisotopic (exact) mass is 332 g/mol. The first kappa shape index (κ1) is 15.9. The summed E-state index contributed by atoms with van der Waals surface area (Å²) in [6, 6.07) is 16.1. The number of hydrogen-bond donors (Lipinski definition) is 2. The summed E-state index contributed by atoms with van der Waals surface area (Å²) >= 11 is 0. The number of fused-ring (bicyclic) bond motifs is 1. The minimum absolute atomic E-state index is 0.176. The molecule has 3 heteroatoms. The summed E-state index contributed by atoms with van der Waals surface area (Å²) in [4.78, 5) is 3.13. The summed E-state index contributed by atoms with van der Waals surface area (Å²) in [6.07, 6.45) is 9.97. The van der Waals surface area contributed by atoms with Crippen molar-refractivity contribution in [3.63, 3.8) is 0 Å². The van der Waals surface area contributed by atoms with E-state index >= 15 is 0 Å². The zero-order valence-corrected chi connectivity index (χ0v) is 14.0. The zero-order valence-electron chi connectivity index (χ0n) is 14.0. The van der Waals surface area contributed by atoms with Crippen molar-refractivity contribution in [2.24, 2.45) is 0 Å². The second-order valence-corrected chi connectivity index (χ2v) is 6.44. The fourth-order valence-electron chi connectivity index (χ4n) is 3.47. The van der Waals surface area contributed by atoms with Crippen LogP contribution >= 0.6 is 0 Å². The molecule has 2 nitrogen and oxygen atoms in total. The predicted molar refractivity (Wildman–Crippen MR) is 103 cm³/mol. The maximum Gasteiger partial charge on any atom is 0.131 e. The molecule has 2 aromatic carbocycles. The van der Waals surface area contributed by atoms with Crippen LogP contribution in [0.25, 0.3) is 22.6 Å². The number of halogens is 1. The van der Waals surface area contributed by atoms with E-state index in [4.69, 9.17) is 0 Å². The van der Waals surface area contributed by atoms with Crippen LogP contribution in [0.4, 0.5) is 4.39 Å². The Morgan fingerprint density at radius 3 is 2.84 bits per heavy atom. The lowest BCUT2D eigenvalue weighted by Gasteiger charge is -2.23. The van der Waals surface area contributed by atoms with Crippen LogP contribution in [0.15, 0.2) is 66.9 Å². The van der Waals surface area contributed by atoms with Crippen LogP contribution in [0.5, 0.6) is 0 Å². The highest BCUT2D eigenvalue weighted by atomic mass is 19.1. The molecule has 25 heavy (non-hydrogen) atoms. The molecule has 1 unspecified atom stereocenters. The number of aromatic amines is 1. The van der Waals surface area contributed by atoms with Gasteiger partial charge in [-0.05, 0) is 42.2 Å². The van der Waals surface area contributed by atoms with Gasteiger partial charge in [0.2, 0.25) is 0 Å². The van der Waals surface area contributed by atoms with Crippen LogP contribution in [-0.4, -0.2) is 17.6 Å². The van der Waals surface area contributed by atoms with Gasteiger partial charge in [-0.15, -0.1) is 0 Å². The lowest BCUT2D eigenvalue weighted by molar-refractivity contribution is 0.542. The smallest absolute Gasteiger partial charge is 0.131 e. The minimum atomic E-state index is -0.176. The van der Waals surface area contributed by atoms with Gasteiger partial charge in [0.05, 0.1) is 0 Å². The highest BCUT2D eigenvalue weighted by molar-refractivity contribution is 5.88. The molecule has 126 valence electrons. The number of rotatable bonds is 4. The largest absolute Gasteiger partial charge is 0.361 e. The van der Waals surface area contributed by atoms with Crippen LogP contribution in [0.2, 0.25) is 0 Å². The minimum Gasteiger partial charge on any atom is -0.361 e. The Morgan fingerprint density at radius 2 is 1.96 bits per heavy atom. The molecule has 0 fully saturated rings. The van der Waals surface area contributed by atoms with Crippen molar-refractivity contribution in [3.8, 4) is 0 Å². The normalized spacial score (nSPS) is 18.0. The first-order valence-corrected chi connectivity index (χ1v) is 8.71. The third-order valence-corrected chi connectivity index (χ3v) is 4.79. The Kier molecular flexibility index (Phi) is 4.49. The van der Waals surface area contributed by atoms with Crippen molar-refractivity contribution < 1.29 is 4.39 Å². The Hall–Kier alpha value is -2.65. The third kappa shape index (κ3) is 3.42. The van der Waals surface area contributed by atoms with Crippen LogP contribution in [0.3, 0.4) is 0 Å². The molecule has 2 N–H and O–H groups in total. The van der Waals surface area contributed by atoms with Crippen molar-refractivity contribution in [2.45, 2.75) is 18.9 Å². The molecule has 1 aromatic heterocycles. The van der Waals surface area contributed by atoms with Gasteiger partial charge in [-0.25, -0.2) is 4.39 Å². The third-order valence-electron chi connectivity index (χ3n) is 4.79. The van der Waals surface area contributed by atoms with Crippen molar-refractivity contribution >= 4 is 22.6 Å². The Balaban J connectivity index is 1.46. The van der Waals surface area contributed by atoms with E-state index in [2.05, 4.69) is 46.7 Å². The van der Waals surface area contributed by atoms with E-state index in [-0.39, 0.29) is 5.82 Å². The second-order valence-electron chi connectivity index (χ2n) is 6.44. The summed E-state index contributed by atoms with van der Waals surface area (Å²) in [5.74, 6) is -0.176. The van der Waals surface area contributed by atoms with E-state index in [1.54, 1.807) is 6.07 Å². The van der Waals surface area contributed by atoms with Crippen LogP contribution in [-0.2, 0) is 0 Å². The number of benzene rings is 2. The van der Waals surface area contributed by atoms with Gasteiger partial charge >= 0.3 is 0 Å². The molecule has 0 spiro atoms. The molecule has 1 atom stereocenters. The summed E-state index contributed by atoms with van der Waals surface area (Å²) in [5, 5.41) is 4.45. The van der Waals surface area contributed by atoms with Gasteiger partial charge in [0.25, 0.3) is 0 Å². The average Bonchev–Trinajstić information content (AvgIpc) is 3.13. The number of aromatic nitrogens is 1. The number of nitrogens with one attached hydrogen (secondary N) is 2. The molecule has 0 amide bonds. The summed E-state index contributed by atoms with van der Waals surface area (Å²) in [7, 11) is 0. The predicted octanol–water partition coefficient (Wildman–Crippen LogP) is 5.16. The van der Waals surface area contributed by atoms with E-state index in [1.807, 2.05) is 24.4 Å². The Morgan fingerprint density at radius 1 is 1.08 bits per heavy atom. The molecule has 0 radical (unpaired) electrons. The summed E-state index contributed by atoms with van der Waals surface area (Å²) in [6.45, 7) is 0.879. The van der Waals surface area contributed by atoms with Crippen LogP contribution in [0, 0.1) is 5.82 Å². The first-order chi connectivity index (χ1) is 12.3. The van der Waals surface area contributed by atoms with E-state index < -0.39 is 0 Å². The number of H-pyrrole nitrogens is 1. The van der Waals surface area contributed by atoms with Gasteiger partial charge in [0.15, 0.2) is 0 Å². The van der Waals surface area contributed by atoms with Crippen molar-refractivity contribution in [2.75, 3.05) is 6.54 Å². The molecule has 2 heterocycles. The van der Waals surface area contributed by atoms with Crippen molar-refractivity contribution in [1.29, 1.82) is 0 Å². The molecule has 0 saturated heterocycles.